The van der Waals surface area contributed by atoms with Crippen LogP contribution in [0.2, 0.25) is 10.2 Å². The number of nitrogens with zero attached hydrogens (tertiary/aromatic N) is 3. The molecule has 1 aromatic heterocycles. The van der Waals surface area contributed by atoms with Gasteiger partial charge in [0.15, 0.2) is 0 Å². The minimum absolute atomic E-state index is 0.112. The molecular formula is C12H9Cl2N3O3. The number of benzene rings is 1. The Morgan fingerprint density at radius 3 is 2.70 bits per heavy atom. The number of halogens is 2. The van der Waals surface area contributed by atoms with Gasteiger partial charge in [-0.15, -0.1) is 0 Å². The van der Waals surface area contributed by atoms with Crippen LogP contribution in [-0.2, 0) is 6.42 Å². The van der Waals surface area contributed by atoms with Crippen molar-refractivity contribution in [3.63, 3.8) is 0 Å². The Kier molecular flexibility index (Phi) is 4.36. The normalized spacial score (nSPS) is 10.3. The predicted molar refractivity (Wildman–Crippen MR) is 74.6 cm³/mol. The van der Waals surface area contributed by atoms with Crippen LogP contribution in [0.1, 0.15) is 12.5 Å². The van der Waals surface area contributed by atoms with E-state index in [1.165, 1.54) is 24.5 Å². The largest absolute Gasteiger partial charge is 0.437 e. The van der Waals surface area contributed by atoms with Crippen molar-refractivity contribution in [3.8, 4) is 11.6 Å². The fourth-order valence-corrected chi connectivity index (χ4v) is 2.02. The summed E-state index contributed by atoms with van der Waals surface area (Å²) in [5, 5.41) is 11.1. The van der Waals surface area contributed by atoms with Gasteiger partial charge in [-0.2, -0.15) is 0 Å². The van der Waals surface area contributed by atoms with Crippen molar-refractivity contribution < 1.29 is 9.66 Å². The highest BCUT2D eigenvalue weighted by atomic mass is 35.5. The second-order valence-electron chi connectivity index (χ2n) is 3.78. The summed E-state index contributed by atoms with van der Waals surface area (Å²) in [5.41, 5.74) is 0.530. The Hall–Kier alpha value is -1.92. The molecule has 2 rings (SSSR count). The molecular weight excluding hydrogens is 305 g/mol. The van der Waals surface area contributed by atoms with E-state index in [9.17, 15) is 10.1 Å². The third-order valence-electron chi connectivity index (χ3n) is 2.54. The van der Waals surface area contributed by atoms with Crippen LogP contribution in [0.4, 0.5) is 5.69 Å². The van der Waals surface area contributed by atoms with Gasteiger partial charge in [-0.3, -0.25) is 10.1 Å². The molecule has 0 bridgehead atoms. The molecule has 1 heterocycles. The smallest absolute Gasteiger partial charge is 0.271 e. The Labute approximate surface area is 124 Å². The highest BCUT2D eigenvalue weighted by Gasteiger charge is 2.14. The molecule has 0 aliphatic carbocycles. The van der Waals surface area contributed by atoms with Gasteiger partial charge in [0.25, 0.3) is 5.69 Å². The van der Waals surface area contributed by atoms with Crippen LogP contribution in [0.25, 0.3) is 0 Å². The Balaban J connectivity index is 2.36. The van der Waals surface area contributed by atoms with E-state index in [0.29, 0.717) is 17.1 Å². The van der Waals surface area contributed by atoms with Crippen LogP contribution in [-0.4, -0.2) is 14.9 Å². The topological polar surface area (TPSA) is 78.2 Å². The monoisotopic (exact) mass is 313 g/mol. The molecule has 2 aromatic rings. The molecule has 1 aromatic carbocycles. The van der Waals surface area contributed by atoms with Gasteiger partial charge < -0.3 is 4.74 Å². The minimum atomic E-state index is -0.533. The molecule has 0 aliphatic heterocycles. The molecule has 0 saturated heterocycles. The number of aromatic nitrogens is 2. The van der Waals surface area contributed by atoms with Crippen LogP contribution < -0.4 is 4.74 Å². The average molecular weight is 314 g/mol. The maximum atomic E-state index is 10.6. The van der Waals surface area contributed by atoms with Crippen molar-refractivity contribution >= 4 is 28.9 Å². The van der Waals surface area contributed by atoms with E-state index >= 15 is 0 Å². The first-order chi connectivity index (χ1) is 9.52. The van der Waals surface area contributed by atoms with E-state index in [-0.39, 0.29) is 22.3 Å². The molecule has 0 aliphatic rings. The number of nitro groups is 1. The summed E-state index contributed by atoms with van der Waals surface area (Å²) in [6.45, 7) is 1.88. The van der Waals surface area contributed by atoms with E-state index in [0.717, 1.165) is 0 Å². The Morgan fingerprint density at radius 1 is 1.35 bits per heavy atom. The van der Waals surface area contributed by atoms with Gasteiger partial charge in [-0.05, 0) is 12.5 Å². The summed E-state index contributed by atoms with van der Waals surface area (Å²) in [4.78, 5) is 18.0. The van der Waals surface area contributed by atoms with E-state index in [1.807, 2.05) is 6.92 Å². The number of non-ortho nitro benzene ring substituents is 1. The molecule has 0 radical (unpaired) electrons. The maximum absolute atomic E-state index is 10.6. The molecule has 20 heavy (non-hydrogen) atoms. The molecule has 0 atom stereocenters. The van der Waals surface area contributed by atoms with Gasteiger partial charge in [-0.1, -0.05) is 30.1 Å². The van der Waals surface area contributed by atoms with Crippen molar-refractivity contribution in [1.29, 1.82) is 0 Å². The number of nitro benzene ring substituents is 1. The SMILES string of the molecule is CCc1c(Cl)ncnc1Oc1ccc([N+](=O)[O-])cc1Cl. The van der Waals surface area contributed by atoms with Gasteiger partial charge >= 0.3 is 0 Å². The minimum Gasteiger partial charge on any atom is -0.437 e. The van der Waals surface area contributed by atoms with Crippen LogP contribution in [0.15, 0.2) is 24.5 Å². The van der Waals surface area contributed by atoms with Crippen molar-refractivity contribution in [2.75, 3.05) is 0 Å². The van der Waals surface area contributed by atoms with E-state index in [1.54, 1.807) is 0 Å². The Morgan fingerprint density at radius 2 is 2.10 bits per heavy atom. The summed E-state index contributed by atoms with van der Waals surface area (Å²) in [6.07, 6.45) is 1.86. The average Bonchev–Trinajstić information content (AvgIpc) is 2.41. The zero-order chi connectivity index (χ0) is 14.7. The van der Waals surface area contributed by atoms with Gasteiger partial charge in [0.1, 0.15) is 17.2 Å². The lowest BCUT2D eigenvalue weighted by atomic mass is 10.2. The van der Waals surface area contributed by atoms with E-state index in [4.69, 9.17) is 27.9 Å². The van der Waals surface area contributed by atoms with Gasteiger partial charge in [0.05, 0.1) is 15.5 Å². The van der Waals surface area contributed by atoms with Gasteiger partial charge in [0, 0.05) is 12.1 Å². The van der Waals surface area contributed by atoms with Gasteiger partial charge in [-0.25, -0.2) is 9.97 Å². The zero-order valence-corrected chi connectivity index (χ0v) is 11.9. The maximum Gasteiger partial charge on any atom is 0.271 e. The number of rotatable bonds is 4. The van der Waals surface area contributed by atoms with E-state index < -0.39 is 4.92 Å². The Bertz CT molecular complexity index is 664. The van der Waals surface area contributed by atoms with Crippen molar-refractivity contribution in [2.45, 2.75) is 13.3 Å². The lowest BCUT2D eigenvalue weighted by Gasteiger charge is -2.10. The summed E-state index contributed by atoms with van der Waals surface area (Å²) in [6, 6.07) is 3.93. The second-order valence-corrected chi connectivity index (χ2v) is 4.54. The molecule has 104 valence electrons. The van der Waals surface area contributed by atoms with Crippen molar-refractivity contribution in [3.05, 3.63) is 50.4 Å². The predicted octanol–water partition coefficient (Wildman–Crippen LogP) is 4.05. The standard InChI is InChI=1S/C12H9Cl2N3O3/c1-2-8-11(14)15-6-16-12(8)20-10-4-3-7(17(18)19)5-9(10)13/h3-6H,2H2,1H3. The first-order valence-electron chi connectivity index (χ1n) is 5.64. The van der Waals surface area contributed by atoms with E-state index in [2.05, 4.69) is 9.97 Å². The van der Waals surface area contributed by atoms with Crippen LogP contribution in [0.5, 0.6) is 11.6 Å². The fourth-order valence-electron chi connectivity index (χ4n) is 1.55. The molecule has 8 heteroatoms. The fraction of sp³-hybridized carbons (Fsp3) is 0.167. The summed E-state index contributed by atoms with van der Waals surface area (Å²) in [5.74, 6) is 0.546. The van der Waals surface area contributed by atoms with Crippen LogP contribution in [0, 0.1) is 10.1 Å². The highest BCUT2D eigenvalue weighted by Crippen LogP contribution is 2.34. The van der Waals surface area contributed by atoms with Crippen LogP contribution in [0.3, 0.4) is 0 Å². The third kappa shape index (κ3) is 2.97. The van der Waals surface area contributed by atoms with Crippen LogP contribution >= 0.6 is 23.2 Å². The molecule has 0 amide bonds. The van der Waals surface area contributed by atoms with Crippen molar-refractivity contribution in [1.82, 2.24) is 9.97 Å². The zero-order valence-electron chi connectivity index (χ0n) is 10.3. The molecule has 0 spiro atoms. The van der Waals surface area contributed by atoms with Gasteiger partial charge in [0.2, 0.25) is 5.88 Å². The molecule has 0 fully saturated rings. The first-order valence-corrected chi connectivity index (χ1v) is 6.39. The number of hydrogen-bond donors (Lipinski definition) is 0. The quantitative estimate of drug-likeness (QED) is 0.483. The summed E-state index contributed by atoms with van der Waals surface area (Å²) < 4.78 is 5.56. The summed E-state index contributed by atoms with van der Waals surface area (Å²) >= 11 is 11.9. The molecule has 0 N–H and O–H groups in total. The lowest BCUT2D eigenvalue weighted by Crippen LogP contribution is -1.97. The molecule has 6 nitrogen and oxygen atoms in total. The van der Waals surface area contributed by atoms with Crippen molar-refractivity contribution in [2.24, 2.45) is 0 Å². The summed E-state index contributed by atoms with van der Waals surface area (Å²) in [7, 11) is 0. The second kappa shape index (κ2) is 6.02. The first kappa shape index (κ1) is 14.5. The molecule has 0 saturated carbocycles. The lowest BCUT2D eigenvalue weighted by molar-refractivity contribution is -0.384. The number of ether oxygens (including phenoxy) is 1. The highest BCUT2D eigenvalue weighted by molar-refractivity contribution is 6.32. The molecule has 0 unspecified atom stereocenters. The number of hydrogen-bond acceptors (Lipinski definition) is 5. The third-order valence-corrected chi connectivity index (χ3v) is 3.16.